The Morgan fingerprint density at radius 2 is 1.67 bits per heavy atom. The first-order valence-electron chi connectivity index (χ1n) is 9.07. The van der Waals surface area contributed by atoms with Gasteiger partial charge in [0, 0.05) is 23.4 Å². The zero-order valence-corrected chi connectivity index (χ0v) is 14.9. The van der Waals surface area contributed by atoms with Gasteiger partial charge in [-0.3, -0.25) is 20.2 Å². The first-order chi connectivity index (χ1) is 13.1. The molecule has 1 fully saturated rings. The van der Waals surface area contributed by atoms with Crippen molar-refractivity contribution in [2.24, 2.45) is 4.99 Å². The number of nitrogens with zero attached hydrogens (tertiary/aromatic N) is 2. The summed E-state index contributed by atoms with van der Waals surface area (Å²) in [4.78, 5) is 27.6. The number of hydrogen-bond donors (Lipinski definition) is 2. The molecule has 2 aromatic rings. The summed E-state index contributed by atoms with van der Waals surface area (Å²) in [6, 6.07) is 15.1. The second-order valence-electron chi connectivity index (χ2n) is 6.52. The highest BCUT2D eigenvalue weighted by atomic mass is 16.6. The van der Waals surface area contributed by atoms with Gasteiger partial charge < -0.3 is 5.32 Å². The van der Waals surface area contributed by atoms with Crippen LogP contribution in [0.3, 0.4) is 0 Å². The lowest BCUT2D eigenvalue weighted by Crippen LogP contribution is -2.37. The standard InChI is InChI=1S/C20H22N4O3/c25-19(15-7-3-1-4-8-15)23-20(21-16-9-5-2-6-10-16)22-17-11-13-18(14-12-17)24(26)27/h1,3-4,7-8,11-14,16H,2,5-6,9-10H2,(H2,21,22,23,25). The van der Waals surface area contributed by atoms with E-state index in [0.29, 0.717) is 17.2 Å². The third-order valence-corrected chi connectivity index (χ3v) is 4.50. The predicted octanol–water partition coefficient (Wildman–Crippen LogP) is 4.13. The number of carbonyl (C=O) groups excluding carboxylic acids is 1. The lowest BCUT2D eigenvalue weighted by atomic mass is 9.96. The van der Waals surface area contributed by atoms with Gasteiger partial charge in [-0.15, -0.1) is 0 Å². The maximum atomic E-state index is 12.5. The normalized spacial score (nSPS) is 15.2. The minimum atomic E-state index is -0.446. The van der Waals surface area contributed by atoms with Crippen LogP contribution in [0.25, 0.3) is 0 Å². The number of non-ortho nitro benzene ring substituents is 1. The van der Waals surface area contributed by atoms with E-state index in [2.05, 4.69) is 10.6 Å². The third kappa shape index (κ3) is 5.37. The molecule has 140 valence electrons. The molecule has 1 amide bonds. The van der Waals surface area contributed by atoms with Gasteiger partial charge in [-0.25, -0.2) is 4.99 Å². The number of nitro groups is 1. The second kappa shape index (κ2) is 8.93. The maximum absolute atomic E-state index is 12.5. The monoisotopic (exact) mass is 366 g/mol. The largest absolute Gasteiger partial charge is 0.326 e. The van der Waals surface area contributed by atoms with Crippen molar-refractivity contribution in [3.05, 3.63) is 70.3 Å². The Labute approximate surface area is 157 Å². The molecule has 0 aromatic heterocycles. The summed E-state index contributed by atoms with van der Waals surface area (Å²) in [6.07, 6.45) is 5.46. The molecule has 1 saturated carbocycles. The zero-order chi connectivity index (χ0) is 19.1. The average Bonchev–Trinajstić information content (AvgIpc) is 2.70. The molecule has 3 rings (SSSR count). The van der Waals surface area contributed by atoms with Crippen molar-refractivity contribution in [3.63, 3.8) is 0 Å². The van der Waals surface area contributed by atoms with Crippen LogP contribution in [0, 0.1) is 10.1 Å². The number of carbonyl (C=O) groups is 1. The molecule has 7 nitrogen and oxygen atoms in total. The van der Waals surface area contributed by atoms with E-state index in [0.717, 1.165) is 25.7 Å². The molecule has 7 heteroatoms. The Morgan fingerprint density at radius 3 is 2.30 bits per heavy atom. The van der Waals surface area contributed by atoms with E-state index in [4.69, 9.17) is 4.99 Å². The van der Waals surface area contributed by atoms with E-state index < -0.39 is 4.92 Å². The van der Waals surface area contributed by atoms with Crippen LogP contribution in [0.4, 0.5) is 11.4 Å². The molecule has 2 aromatic carbocycles. The topological polar surface area (TPSA) is 96.6 Å². The Hall–Kier alpha value is -3.22. The Morgan fingerprint density at radius 1 is 1.00 bits per heavy atom. The van der Waals surface area contributed by atoms with Crippen LogP contribution in [0.2, 0.25) is 0 Å². The highest BCUT2D eigenvalue weighted by Crippen LogP contribution is 2.21. The summed E-state index contributed by atoms with van der Waals surface area (Å²) in [5.41, 5.74) is 1.18. The molecule has 1 aliphatic rings. The van der Waals surface area contributed by atoms with Crippen LogP contribution in [0.5, 0.6) is 0 Å². The molecule has 0 bridgehead atoms. The van der Waals surface area contributed by atoms with E-state index in [1.54, 1.807) is 36.4 Å². The van der Waals surface area contributed by atoms with Gasteiger partial charge in [-0.05, 0) is 37.1 Å². The molecule has 0 unspecified atom stereocenters. The van der Waals surface area contributed by atoms with E-state index >= 15 is 0 Å². The van der Waals surface area contributed by atoms with E-state index in [-0.39, 0.29) is 17.6 Å². The third-order valence-electron chi connectivity index (χ3n) is 4.50. The van der Waals surface area contributed by atoms with Crippen LogP contribution in [-0.2, 0) is 0 Å². The van der Waals surface area contributed by atoms with E-state index in [9.17, 15) is 14.9 Å². The highest BCUT2D eigenvalue weighted by molar-refractivity contribution is 6.10. The summed E-state index contributed by atoms with van der Waals surface area (Å²) < 4.78 is 0. The van der Waals surface area contributed by atoms with Gasteiger partial charge >= 0.3 is 0 Å². The van der Waals surface area contributed by atoms with E-state index in [1.165, 1.54) is 18.6 Å². The van der Waals surface area contributed by atoms with Crippen molar-refractivity contribution in [2.75, 3.05) is 5.32 Å². The number of anilines is 1. The van der Waals surface area contributed by atoms with Crippen LogP contribution in [-0.4, -0.2) is 22.8 Å². The fourth-order valence-corrected chi connectivity index (χ4v) is 3.06. The number of amides is 1. The minimum absolute atomic E-state index is 0.0136. The number of aliphatic imine (C=N–C) groups is 1. The minimum Gasteiger partial charge on any atom is -0.326 e. The summed E-state index contributed by atoms with van der Waals surface area (Å²) in [5, 5.41) is 16.7. The maximum Gasteiger partial charge on any atom is 0.269 e. The fourth-order valence-electron chi connectivity index (χ4n) is 3.06. The van der Waals surface area contributed by atoms with Crippen LogP contribution < -0.4 is 10.6 Å². The molecule has 0 atom stereocenters. The molecular weight excluding hydrogens is 344 g/mol. The molecule has 0 heterocycles. The number of nitrogens with one attached hydrogen (secondary N) is 2. The Kier molecular flexibility index (Phi) is 6.14. The summed E-state index contributed by atoms with van der Waals surface area (Å²) in [6.45, 7) is 0. The summed E-state index contributed by atoms with van der Waals surface area (Å²) >= 11 is 0. The van der Waals surface area contributed by atoms with Gasteiger partial charge in [0.25, 0.3) is 11.6 Å². The molecule has 0 radical (unpaired) electrons. The molecule has 0 spiro atoms. The van der Waals surface area contributed by atoms with Gasteiger partial charge in [-0.2, -0.15) is 0 Å². The SMILES string of the molecule is O=C(NC(=NC1CCCCC1)Nc1ccc([N+](=O)[O-])cc1)c1ccccc1. The van der Waals surface area contributed by atoms with Crippen molar-refractivity contribution < 1.29 is 9.72 Å². The smallest absolute Gasteiger partial charge is 0.269 e. The number of hydrogen-bond acceptors (Lipinski definition) is 4. The van der Waals surface area contributed by atoms with Gasteiger partial charge in [0.2, 0.25) is 5.96 Å². The van der Waals surface area contributed by atoms with Gasteiger partial charge in [0.05, 0.1) is 11.0 Å². The lowest BCUT2D eigenvalue weighted by molar-refractivity contribution is -0.384. The molecule has 2 N–H and O–H groups in total. The van der Waals surface area contributed by atoms with Crippen molar-refractivity contribution >= 4 is 23.2 Å². The number of guanidine groups is 1. The number of benzene rings is 2. The first-order valence-corrected chi connectivity index (χ1v) is 9.07. The first kappa shape index (κ1) is 18.6. The van der Waals surface area contributed by atoms with Gasteiger partial charge in [-0.1, -0.05) is 37.5 Å². The molecule has 27 heavy (non-hydrogen) atoms. The van der Waals surface area contributed by atoms with Crippen molar-refractivity contribution in [1.29, 1.82) is 0 Å². The number of rotatable bonds is 4. The van der Waals surface area contributed by atoms with Crippen molar-refractivity contribution in [2.45, 2.75) is 38.1 Å². The Bertz CT molecular complexity index is 813. The van der Waals surface area contributed by atoms with Gasteiger partial charge in [0.15, 0.2) is 0 Å². The Balaban J connectivity index is 1.77. The molecule has 1 aliphatic carbocycles. The average molecular weight is 366 g/mol. The van der Waals surface area contributed by atoms with Crippen LogP contribution in [0.15, 0.2) is 59.6 Å². The second-order valence-corrected chi connectivity index (χ2v) is 6.52. The fraction of sp³-hybridized carbons (Fsp3) is 0.300. The quantitative estimate of drug-likeness (QED) is 0.368. The van der Waals surface area contributed by atoms with Crippen LogP contribution >= 0.6 is 0 Å². The predicted molar refractivity (Wildman–Crippen MR) is 105 cm³/mol. The van der Waals surface area contributed by atoms with Crippen molar-refractivity contribution in [3.8, 4) is 0 Å². The molecule has 0 aliphatic heterocycles. The molecular formula is C20H22N4O3. The summed E-state index contributed by atoms with van der Waals surface area (Å²) in [5.74, 6) is 0.115. The van der Waals surface area contributed by atoms with Crippen LogP contribution in [0.1, 0.15) is 42.5 Å². The van der Waals surface area contributed by atoms with Crippen molar-refractivity contribution in [1.82, 2.24) is 5.32 Å². The lowest BCUT2D eigenvalue weighted by Gasteiger charge is -2.20. The van der Waals surface area contributed by atoms with Gasteiger partial charge in [0.1, 0.15) is 0 Å². The zero-order valence-electron chi connectivity index (χ0n) is 14.9. The highest BCUT2D eigenvalue weighted by Gasteiger charge is 2.16. The molecule has 0 saturated heterocycles. The van der Waals surface area contributed by atoms with E-state index in [1.807, 2.05) is 6.07 Å². The summed E-state index contributed by atoms with van der Waals surface area (Å²) in [7, 11) is 0. The number of nitro benzene ring substituents is 1.